The van der Waals surface area contributed by atoms with E-state index in [-0.39, 0.29) is 36.5 Å². The summed E-state index contributed by atoms with van der Waals surface area (Å²) in [6, 6.07) is -1.44. The van der Waals surface area contributed by atoms with Crippen molar-refractivity contribution in [3.05, 3.63) is 18.0 Å². The predicted octanol–water partition coefficient (Wildman–Crippen LogP) is -0.586. The lowest BCUT2D eigenvalue weighted by atomic mass is 9.84. The van der Waals surface area contributed by atoms with Crippen molar-refractivity contribution in [2.24, 2.45) is 34.0 Å². The average molecular weight is 592 g/mol. The van der Waals surface area contributed by atoms with Crippen LogP contribution in [0.1, 0.15) is 82.2 Å². The number of nitrogens with one attached hydrogen (secondary N) is 4. The lowest BCUT2D eigenvalue weighted by Crippen LogP contribution is -2.57. The zero-order valence-corrected chi connectivity index (χ0v) is 24.4. The van der Waals surface area contributed by atoms with Crippen LogP contribution in [-0.2, 0) is 19.2 Å². The Bertz CT molecular complexity index is 1070. The maximum absolute atomic E-state index is 13.5. The van der Waals surface area contributed by atoms with Crippen LogP contribution in [0.5, 0.6) is 0 Å². The van der Waals surface area contributed by atoms with E-state index in [1.807, 2.05) is 6.92 Å². The number of carbonyl (C=O) groups excluding carboxylic acids is 5. The summed E-state index contributed by atoms with van der Waals surface area (Å²) in [4.78, 5) is 67.4. The van der Waals surface area contributed by atoms with Gasteiger partial charge in [0.1, 0.15) is 18.1 Å². The molecule has 1 aromatic heterocycles. The van der Waals surface area contributed by atoms with Gasteiger partial charge in [0.25, 0.3) is 5.91 Å². The van der Waals surface area contributed by atoms with E-state index in [1.165, 1.54) is 12.3 Å². The Labute approximate surface area is 245 Å². The Kier molecular flexibility index (Phi) is 14.3. The van der Waals surface area contributed by atoms with Gasteiger partial charge in [-0.1, -0.05) is 57.5 Å². The van der Waals surface area contributed by atoms with E-state index in [0.717, 1.165) is 32.1 Å². The fourth-order valence-corrected chi connectivity index (χ4v) is 4.82. The molecule has 1 heterocycles. The van der Waals surface area contributed by atoms with E-state index < -0.39 is 54.2 Å². The Morgan fingerprint density at radius 3 is 2.33 bits per heavy atom. The lowest BCUT2D eigenvalue weighted by molar-refractivity contribution is -0.132. The van der Waals surface area contributed by atoms with Crippen LogP contribution in [0.3, 0.4) is 0 Å². The summed E-state index contributed by atoms with van der Waals surface area (Å²) in [7, 11) is 0. The molecule has 0 bridgehead atoms. The van der Waals surface area contributed by atoms with E-state index in [4.69, 9.17) is 21.7 Å². The first-order valence-electron chi connectivity index (χ1n) is 14.4. The lowest BCUT2D eigenvalue weighted by Gasteiger charge is -2.29. The third kappa shape index (κ3) is 11.7. The van der Waals surface area contributed by atoms with Crippen LogP contribution in [0.4, 0.5) is 0 Å². The molecule has 0 aromatic carbocycles. The molecule has 0 saturated heterocycles. The molecule has 10 N–H and O–H groups in total. The average Bonchev–Trinajstić information content (AvgIpc) is 3.51. The second-order valence-corrected chi connectivity index (χ2v) is 10.7. The first kappa shape index (κ1) is 34.0. The molecule has 234 valence electrons. The van der Waals surface area contributed by atoms with Gasteiger partial charge in [-0.3, -0.25) is 29.0 Å². The Hall–Kier alpha value is -4.17. The zero-order valence-electron chi connectivity index (χ0n) is 24.4. The van der Waals surface area contributed by atoms with Crippen molar-refractivity contribution < 1.29 is 28.5 Å². The molecule has 5 amide bonds. The molecule has 4 atom stereocenters. The fourth-order valence-electron chi connectivity index (χ4n) is 4.82. The minimum Gasteiger partial charge on any atom is -0.370 e. The molecule has 1 unspecified atom stereocenters. The van der Waals surface area contributed by atoms with Crippen molar-refractivity contribution >= 4 is 35.5 Å². The largest absolute Gasteiger partial charge is 0.370 e. The third-order valence-corrected chi connectivity index (χ3v) is 7.42. The molecule has 1 aliphatic carbocycles. The predicted molar refractivity (Wildman–Crippen MR) is 154 cm³/mol. The smallest absolute Gasteiger partial charge is 0.290 e. The summed E-state index contributed by atoms with van der Waals surface area (Å²) in [6.45, 7) is 3.49. The van der Waals surface area contributed by atoms with Crippen molar-refractivity contribution in [1.29, 1.82) is 0 Å². The van der Waals surface area contributed by atoms with E-state index in [9.17, 15) is 24.0 Å². The summed E-state index contributed by atoms with van der Waals surface area (Å²) >= 11 is 0. The number of nitrogens with two attached hydrogens (primary N) is 3. The van der Waals surface area contributed by atoms with Crippen LogP contribution < -0.4 is 38.5 Å². The molecule has 42 heavy (non-hydrogen) atoms. The molecule has 1 fully saturated rings. The quantitative estimate of drug-likeness (QED) is 0.0694. The highest BCUT2D eigenvalue weighted by Crippen LogP contribution is 2.27. The van der Waals surface area contributed by atoms with E-state index in [2.05, 4.69) is 31.4 Å². The monoisotopic (exact) mass is 591 g/mol. The second kappa shape index (κ2) is 17.6. The van der Waals surface area contributed by atoms with Crippen molar-refractivity contribution in [2.75, 3.05) is 13.1 Å². The first-order chi connectivity index (χ1) is 20.0. The first-order valence-corrected chi connectivity index (χ1v) is 14.4. The van der Waals surface area contributed by atoms with Crippen LogP contribution in [-0.4, -0.2) is 71.9 Å². The number of nitrogens with zero attached hydrogens (tertiary/aromatic N) is 2. The molecule has 15 nitrogen and oxygen atoms in total. The highest BCUT2D eigenvalue weighted by atomic mass is 16.5. The van der Waals surface area contributed by atoms with Gasteiger partial charge in [0.05, 0.1) is 12.7 Å². The fraction of sp³-hybridized carbons (Fsp3) is 0.667. The number of carbonyl (C=O) groups is 5. The number of guanidine groups is 1. The van der Waals surface area contributed by atoms with Gasteiger partial charge in [-0.2, -0.15) is 0 Å². The molecule has 15 heteroatoms. The number of rotatable bonds is 17. The van der Waals surface area contributed by atoms with Crippen molar-refractivity contribution in [3.63, 3.8) is 0 Å². The maximum atomic E-state index is 13.5. The Morgan fingerprint density at radius 2 is 1.74 bits per heavy atom. The van der Waals surface area contributed by atoms with Gasteiger partial charge >= 0.3 is 0 Å². The molecule has 0 aliphatic heterocycles. The number of amides is 5. The Balaban J connectivity index is 2.02. The van der Waals surface area contributed by atoms with Crippen molar-refractivity contribution in [3.8, 4) is 0 Å². The van der Waals surface area contributed by atoms with E-state index in [1.54, 1.807) is 6.92 Å². The number of hydrogen-bond acceptors (Lipinski definition) is 8. The van der Waals surface area contributed by atoms with Crippen molar-refractivity contribution in [2.45, 2.75) is 89.8 Å². The van der Waals surface area contributed by atoms with Crippen LogP contribution in [0, 0.1) is 11.8 Å². The minimum atomic E-state index is -0.974. The molecule has 1 saturated carbocycles. The van der Waals surface area contributed by atoms with Gasteiger partial charge in [0.2, 0.25) is 29.4 Å². The SMILES string of the molecule is CC[C@H](C)[C@H](NC(=O)C(CC1CCCCC1)NC(=O)c1ccno1)C(=O)NCC(=O)N[C@@H](CCCN=C(N)N)C(N)=O. The molecule has 1 aromatic rings. The van der Waals surface area contributed by atoms with Crippen LogP contribution >= 0.6 is 0 Å². The number of hydrogen-bond donors (Lipinski definition) is 7. The van der Waals surface area contributed by atoms with Crippen LogP contribution in [0.25, 0.3) is 0 Å². The Morgan fingerprint density at radius 1 is 1.02 bits per heavy atom. The third-order valence-electron chi connectivity index (χ3n) is 7.42. The summed E-state index contributed by atoms with van der Waals surface area (Å²) < 4.78 is 4.93. The standard InChI is InChI=1S/C27H45N9O6/c1-3-16(2)22(26(41)32-15-21(37)34-18(23(28)38)10-7-12-31-27(29)30)36-24(39)19(14-17-8-5-4-6-9-17)35-25(40)20-11-13-33-42-20/h11,13,16-19,22H,3-10,12,14-15H2,1-2H3,(H2,28,38)(H,32,41)(H,34,37)(H,35,40)(H,36,39)(H4,29,30,31)/t16-,18-,19?,22-/m0/s1. The molecule has 0 radical (unpaired) electrons. The molecular weight excluding hydrogens is 546 g/mol. The highest BCUT2D eigenvalue weighted by Gasteiger charge is 2.32. The highest BCUT2D eigenvalue weighted by molar-refractivity contribution is 5.97. The van der Waals surface area contributed by atoms with Gasteiger partial charge < -0.3 is 43.0 Å². The molecule has 1 aliphatic rings. The minimum absolute atomic E-state index is 0.0239. The van der Waals surface area contributed by atoms with Gasteiger partial charge in [-0.05, 0) is 31.1 Å². The summed E-state index contributed by atoms with van der Waals surface area (Å²) in [5, 5.41) is 14.1. The number of aliphatic imine (C=N–C) groups is 1. The molecular formula is C27H45N9O6. The second-order valence-electron chi connectivity index (χ2n) is 10.7. The van der Waals surface area contributed by atoms with E-state index >= 15 is 0 Å². The van der Waals surface area contributed by atoms with Gasteiger partial charge in [0.15, 0.2) is 5.96 Å². The number of primary amides is 1. The summed E-state index contributed by atoms with van der Waals surface area (Å²) in [5.41, 5.74) is 15.9. The summed E-state index contributed by atoms with van der Waals surface area (Å²) in [6.07, 6.45) is 8.07. The zero-order chi connectivity index (χ0) is 31.1. The van der Waals surface area contributed by atoms with Gasteiger partial charge in [-0.15, -0.1) is 0 Å². The molecule has 2 rings (SSSR count). The van der Waals surface area contributed by atoms with Crippen LogP contribution in [0.15, 0.2) is 21.8 Å². The topological polar surface area (TPSA) is 250 Å². The maximum Gasteiger partial charge on any atom is 0.290 e. The number of aromatic nitrogens is 1. The van der Waals surface area contributed by atoms with Crippen LogP contribution in [0.2, 0.25) is 0 Å². The summed E-state index contributed by atoms with van der Waals surface area (Å²) in [5.74, 6) is -3.16. The van der Waals surface area contributed by atoms with E-state index in [0.29, 0.717) is 19.3 Å². The molecule has 0 spiro atoms. The van der Waals surface area contributed by atoms with Crippen molar-refractivity contribution in [1.82, 2.24) is 26.4 Å². The van der Waals surface area contributed by atoms with Gasteiger partial charge in [0, 0.05) is 12.6 Å². The van der Waals surface area contributed by atoms with Gasteiger partial charge in [-0.25, -0.2) is 0 Å². The normalized spacial score (nSPS) is 16.2.